The summed E-state index contributed by atoms with van der Waals surface area (Å²) in [6, 6.07) is 0. The van der Waals surface area contributed by atoms with Crippen LogP contribution < -0.4 is 0 Å². The minimum absolute atomic E-state index is 0.331. The summed E-state index contributed by atoms with van der Waals surface area (Å²) >= 11 is 0. The van der Waals surface area contributed by atoms with Crippen molar-refractivity contribution >= 4 is 14.3 Å². The summed E-state index contributed by atoms with van der Waals surface area (Å²) in [5, 5.41) is 28.6. The average molecular weight is 250 g/mol. The van der Waals surface area contributed by atoms with Gasteiger partial charge < -0.3 is 24.5 Å². The molecule has 94 valence electrons. The summed E-state index contributed by atoms with van der Waals surface area (Å²) in [6.07, 6.45) is -5.41. The SMILES string of the molecule is C[Si](C)(C)O[C@H]1C(=O)OC[C@@H](O)[C@@H](O)[C@@H]1O. The molecule has 3 N–H and O–H groups in total. The summed E-state index contributed by atoms with van der Waals surface area (Å²) in [5.41, 5.74) is 0. The van der Waals surface area contributed by atoms with Gasteiger partial charge in [-0.15, -0.1) is 0 Å². The fourth-order valence-electron chi connectivity index (χ4n) is 1.39. The van der Waals surface area contributed by atoms with Crippen molar-refractivity contribution in [2.75, 3.05) is 6.61 Å². The molecule has 4 atom stereocenters. The van der Waals surface area contributed by atoms with Crippen molar-refractivity contribution in [2.45, 2.75) is 44.1 Å². The molecule has 0 saturated carbocycles. The van der Waals surface area contributed by atoms with Crippen molar-refractivity contribution in [3.8, 4) is 0 Å². The molecule has 6 nitrogen and oxygen atoms in total. The van der Waals surface area contributed by atoms with Crippen molar-refractivity contribution in [1.29, 1.82) is 0 Å². The first kappa shape index (κ1) is 13.6. The third-order valence-electron chi connectivity index (χ3n) is 2.16. The van der Waals surface area contributed by atoms with Gasteiger partial charge in [-0.1, -0.05) is 0 Å². The van der Waals surface area contributed by atoms with Crippen molar-refractivity contribution < 1.29 is 29.3 Å². The van der Waals surface area contributed by atoms with E-state index in [2.05, 4.69) is 0 Å². The molecule has 1 fully saturated rings. The maximum absolute atomic E-state index is 11.5. The molecule has 1 saturated heterocycles. The van der Waals surface area contributed by atoms with Gasteiger partial charge in [-0.05, 0) is 19.6 Å². The molecule has 7 heteroatoms. The third-order valence-corrected chi connectivity index (χ3v) is 3.12. The molecule has 1 heterocycles. The van der Waals surface area contributed by atoms with Crippen molar-refractivity contribution in [2.24, 2.45) is 0 Å². The normalized spacial score (nSPS) is 36.8. The molecule has 0 spiro atoms. The molecule has 0 bridgehead atoms. The minimum Gasteiger partial charge on any atom is -0.461 e. The van der Waals surface area contributed by atoms with Crippen LogP contribution in [-0.2, 0) is 14.0 Å². The van der Waals surface area contributed by atoms with Crippen molar-refractivity contribution in [1.82, 2.24) is 0 Å². The fourth-order valence-corrected chi connectivity index (χ4v) is 2.39. The van der Waals surface area contributed by atoms with Gasteiger partial charge in [-0.2, -0.15) is 0 Å². The van der Waals surface area contributed by atoms with E-state index < -0.39 is 38.7 Å². The van der Waals surface area contributed by atoms with E-state index in [1.165, 1.54) is 0 Å². The van der Waals surface area contributed by atoms with E-state index in [1.807, 2.05) is 19.6 Å². The zero-order valence-corrected chi connectivity index (χ0v) is 10.6. The van der Waals surface area contributed by atoms with Gasteiger partial charge in [-0.25, -0.2) is 4.79 Å². The summed E-state index contributed by atoms with van der Waals surface area (Å²) in [7, 11) is -2.06. The number of cyclic esters (lactones) is 1. The zero-order chi connectivity index (χ0) is 12.5. The number of rotatable bonds is 2. The van der Waals surface area contributed by atoms with Crippen LogP contribution in [0.3, 0.4) is 0 Å². The number of hydrogen-bond donors (Lipinski definition) is 3. The van der Waals surface area contributed by atoms with E-state index in [0.717, 1.165) is 0 Å². The lowest BCUT2D eigenvalue weighted by Gasteiger charge is -2.28. The summed E-state index contributed by atoms with van der Waals surface area (Å²) in [5.74, 6) is -0.745. The lowest BCUT2D eigenvalue weighted by Crippen LogP contribution is -2.49. The van der Waals surface area contributed by atoms with Crippen LogP contribution in [0.1, 0.15) is 0 Å². The lowest BCUT2D eigenvalue weighted by atomic mass is 10.1. The molecule has 16 heavy (non-hydrogen) atoms. The number of aliphatic hydroxyl groups is 3. The predicted molar refractivity (Wildman–Crippen MR) is 57.2 cm³/mol. The molecule has 1 aliphatic rings. The highest BCUT2D eigenvalue weighted by atomic mass is 28.4. The molecule has 0 aromatic rings. The van der Waals surface area contributed by atoms with Crippen LogP contribution in [0.15, 0.2) is 0 Å². The zero-order valence-electron chi connectivity index (χ0n) is 9.58. The number of esters is 1. The average Bonchev–Trinajstić information content (AvgIpc) is 2.24. The predicted octanol–water partition coefficient (Wildman–Crippen LogP) is -1.15. The largest absolute Gasteiger partial charge is 0.461 e. The first-order valence-electron chi connectivity index (χ1n) is 5.11. The topological polar surface area (TPSA) is 96.2 Å². The molecule has 0 aromatic heterocycles. The van der Waals surface area contributed by atoms with Crippen LogP contribution in [0.2, 0.25) is 19.6 Å². The van der Waals surface area contributed by atoms with E-state index in [4.69, 9.17) is 9.16 Å². The second-order valence-corrected chi connectivity index (χ2v) is 9.29. The maximum Gasteiger partial charge on any atom is 0.336 e. The molecular weight excluding hydrogens is 232 g/mol. The van der Waals surface area contributed by atoms with Crippen LogP contribution in [-0.4, -0.2) is 60.6 Å². The Morgan fingerprint density at radius 3 is 2.31 bits per heavy atom. The van der Waals surface area contributed by atoms with Gasteiger partial charge in [-0.3, -0.25) is 0 Å². The number of carbonyl (C=O) groups excluding carboxylic acids is 1. The summed E-state index contributed by atoms with van der Waals surface area (Å²) in [4.78, 5) is 11.5. The Kier molecular flexibility index (Phi) is 4.08. The Balaban J connectivity index is 2.83. The van der Waals surface area contributed by atoms with Gasteiger partial charge in [0.15, 0.2) is 14.4 Å². The number of hydrogen-bond acceptors (Lipinski definition) is 6. The third kappa shape index (κ3) is 3.26. The number of aliphatic hydroxyl groups excluding tert-OH is 3. The van der Waals surface area contributed by atoms with Crippen molar-refractivity contribution in [3.05, 3.63) is 0 Å². The van der Waals surface area contributed by atoms with Gasteiger partial charge >= 0.3 is 5.97 Å². The highest BCUT2D eigenvalue weighted by Crippen LogP contribution is 2.18. The standard InChI is InChI=1S/C9H18O6Si/c1-16(2,3)15-8-7(12)6(11)5(10)4-14-9(8)13/h5-8,10-12H,4H2,1-3H3/t5-,6-,7+,8-/m1/s1. The van der Waals surface area contributed by atoms with Crippen LogP contribution >= 0.6 is 0 Å². The van der Waals surface area contributed by atoms with Gasteiger partial charge in [0.1, 0.15) is 24.9 Å². The van der Waals surface area contributed by atoms with Gasteiger partial charge in [0, 0.05) is 0 Å². The van der Waals surface area contributed by atoms with Crippen LogP contribution in [0.5, 0.6) is 0 Å². The monoisotopic (exact) mass is 250 g/mol. The lowest BCUT2D eigenvalue weighted by molar-refractivity contribution is -0.156. The van der Waals surface area contributed by atoms with Crippen LogP contribution in [0, 0.1) is 0 Å². The number of carbonyl (C=O) groups is 1. The molecule has 0 radical (unpaired) electrons. The second-order valence-electron chi connectivity index (χ2n) is 4.83. The summed E-state index contributed by atoms with van der Waals surface area (Å²) < 4.78 is 10.1. The fraction of sp³-hybridized carbons (Fsp3) is 0.889. The molecule has 0 aromatic carbocycles. The molecule has 0 amide bonds. The Labute approximate surface area is 94.9 Å². The molecular formula is C9H18O6Si. The van der Waals surface area contributed by atoms with E-state index in [1.54, 1.807) is 0 Å². The highest BCUT2D eigenvalue weighted by molar-refractivity contribution is 6.69. The first-order chi connectivity index (χ1) is 7.22. The van der Waals surface area contributed by atoms with Crippen LogP contribution in [0.4, 0.5) is 0 Å². The Bertz CT molecular complexity index is 263. The first-order valence-corrected chi connectivity index (χ1v) is 8.52. The van der Waals surface area contributed by atoms with E-state index in [0.29, 0.717) is 0 Å². The molecule has 0 unspecified atom stereocenters. The highest BCUT2D eigenvalue weighted by Gasteiger charge is 2.43. The Morgan fingerprint density at radius 1 is 1.25 bits per heavy atom. The van der Waals surface area contributed by atoms with E-state index in [9.17, 15) is 20.1 Å². The van der Waals surface area contributed by atoms with Gasteiger partial charge in [0.05, 0.1) is 0 Å². The smallest absolute Gasteiger partial charge is 0.336 e. The van der Waals surface area contributed by atoms with Gasteiger partial charge in [0.2, 0.25) is 0 Å². The summed E-state index contributed by atoms with van der Waals surface area (Å²) in [6.45, 7) is 5.21. The van der Waals surface area contributed by atoms with E-state index in [-0.39, 0.29) is 6.61 Å². The molecule has 1 rings (SSSR count). The molecule has 0 aliphatic carbocycles. The van der Waals surface area contributed by atoms with Crippen LogP contribution in [0.25, 0.3) is 0 Å². The molecule has 1 aliphatic heterocycles. The number of ether oxygens (including phenoxy) is 1. The second kappa shape index (κ2) is 4.80. The minimum atomic E-state index is -2.06. The Morgan fingerprint density at radius 2 is 1.81 bits per heavy atom. The Hall–Kier alpha value is -0.473. The van der Waals surface area contributed by atoms with Gasteiger partial charge in [0.25, 0.3) is 0 Å². The maximum atomic E-state index is 11.5. The van der Waals surface area contributed by atoms with Crippen molar-refractivity contribution in [3.63, 3.8) is 0 Å². The quantitative estimate of drug-likeness (QED) is 0.423. The van der Waals surface area contributed by atoms with E-state index >= 15 is 0 Å².